The molecule has 0 fully saturated rings. The number of benzene rings is 1. The van der Waals surface area contributed by atoms with Crippen LogP contribution < -0.4 is 11.1 Å². The smallest absolute Gasteiger partial charge is 0.325 e. The van der Waals surface area contributed by atoms with E-state index in [0.717, 1.165) is 10.7 Å². The number of primary amides is 1. The Morgan fingerprint density at radius 1 is 1.43 bits per heavy atom. The molecule has 1 aromatic carbocycles. The molecule has 1 heterocycles. The van der Waals surface area contributed by atoms with Gasteiger partial charge in [-0.05, 0) is 12.1 Å². The molecule has 0 atom stereocenters. The third kappa shape index (κ3) is 3.53. The minimum atomic E-state index is -1.04. The van der Waals surface area contributed by atoms with Crippen LogP contribution in [0.5, 0.6) is 0 Å². The van der Waals surface area contributed by atoms with Gasteiger partial charge in [0.15, 0.2) is 0 Å². The van der Waals surface area contributed by atoms with Crippen molar-refractivity contribution in [1.82, 2.24) is 15.0 Å². The number of anilines is 1. The van der Waals surface area contributed by atoms with Crippen molar-refractivity contribution in [2.45, 2.75) is 13.1 Å². The van der Waals surface area contributed by atoms with Crippen molar-refractivity contribution in [3.63, 3.8) is 0 Å². The van der Waals surface area contributed by atoms with Crippen molar-refractivity contribution < 1.29 is 19.1 Å². The summed E-state index contributed by atoms with van der Waals surface area (Å²) in [7, 11) is 0. The van der Waals surface area contributed by atoms with E-state index < -0.39 is 17.7 Å². The standard InChI is InChI=1S/C12H12FN5O3/c13-8-2-1-3-9(11(8)12(14)21)15-4-7-5-18(17-16-7)6-10(19)20/h1-3,5,15H,4,6H2,(H2,14,21)(H,19,20). The predicted molar refractivity (Wildman–Crippen MR) is 69.9 cm³/mol. The van der Waals surface area contributed by atoms with E-state index in [1.54, 1.807) is 0 Å². The van der Waals surface area contributed by atoms with Crippen molar-refractivity contribution in [2.24, 2.45) is 5.73 Å². The second kappa shape index (κ2) is 5.99. The highest BCUT2D eigenvalue weighted by atomic mass is 19.1. The average Bonchev–Trinajstić information content (AvgIpc) is 2.82. The number of carbonyl (C=O) groups is 2. The molecule has 0 spiro atoms. The first-order chi connectivity index (χ1) is 9.97. The van der Waals surface area contributed by atoms with Gasteiger partial charge in [0.1, 0.15) is 18.1 Å². The molecule has 0 aliphatic rings. The summed E-state index contributed by atoms with van der Waals surface area (Å²) in [5.41, 5.74) is 5.56. The van der Waals surface area contributed by atoms with Gasteiger partial charge in [-0.3, -0.25) is 9.59 Å². The van der Waals surface area contributed by atoms with Crippen LogP contribution in [0.1, 0.15) is 16.1 Å². The molecule has 1 aromatic heterocycles. The zero-order valence-corrected chi connectivity index (χ0v) is 10.8. The van der Waals surface area contributed by atoms with E-state index in [1.165, 1.54) is 18.3 Å². The molecular formula is C12H12FN5O3. The maximum atomic E-state index is 13.5. The van der Waals surface area contributed by atoms with Crippen LogP contribution in [0.25, 0.3) is 0 Å². The molecule has 0 saturated heterocycles. The molecule has 2 rings (SSSR count). The summed E-state index contributed by atoms with van der Waals surface area (Å²) in [6, 6.07) is 4.07. The number of carboxylic acid groups (broad SMARTS) is 1. The van der Waals surface area contributed by atoms with Crippen LogP contribution in [0.3, 0.4) is 0 Å². The van der Waals surface area contributed by atoms with Crippen LogP contribution >= 0.6 is 0 Å². The number of nitrogens with two attached hydrogens (primary N) is 1. The lowest BCUT2D eigenvalue weighted by molar-refractivity contribution is -0.137. The molecule has 0 saturated carbocycles. The van der Waals surface area contributed by atoms with Gasteiger partial charge in [0, 0.05) is 0 Å². The molecular weight excluding hydrogens is 281 g/mol. The monoisotopic (exact) mass is 293 g/mol. The minimum absolute atomic E-state index is 0.142. The zero-order valence-electron chi connectivity index (χ0n) is 10.8. The van der Waals surface area contributed by atoms with E-state index in [4.69, 9.17) is 10.8 Å². The Labute approximate surface area is 118 Å². The lowest BCUT2D eigenvalue weighted by Crippen LogP contribution is -2.16. The number of hydrogen-bond donors (Lipinski definition) is 3. The lowest BCUT2D eigenvalue weighted by Gasteiger charge is -2.09. The predicted octanol–water partition coefficient (Wildman–Crippen LogP) is 0.213. The van der Waals surface area contributed by atoms with Crippen molar-refractivity contribution in [1.29, 1.82) is 0 Å². The number of amides is 1. The van der Waals surface area contributed by atoms with E-state index in [2.05, 4.69) is 15.6 Å². The Morgan fingerprint density at radius 3 is 2.86 bits per heavy atom. The number of carbonyl (C=O) groups excluding carboxylic acids is 1. The largest absolute Gasteiger partial charge is 0.480 e. The molecule has 0 bridgehead atoms. The average molecular weight is 293 g/mol. The van der Waals surface area contributed by atoms with Crippen LogP contribution in [0.4, 0.5) is 10.1 Å². The number of nitrogens with one attached hydrogen (secondary N) is 1. The Hall–Kier alpha value is -2.97. The molecule has 0 aliphatic carbocycles. The van der Waals surface area contributed by atoms with Gasteiger partial charge in [-0.15, -0.1) is 5.10 Å². The minimum Gasteiger partial charge on any atom is -0.480 e. The first-order valence-electron chi connectivity index (χ1n) is 5.90. The number of hydrogen-bond acceptors (Lipinski definition) is 5. The molecule has 1 amide bonds. The molecule has 0 aliphatic heterocycles. The van der Waals surface area contributed by atoms with Crippen LogP contribution in [-0.4, -0.2) is 32.0 Å². The van der Waals surface area contributed by atoms with Gasteiger partial charge < -0.3 is 16.2 Å². The molecule has 4 N–H and O–H groups in total. The van der Waals surface area contributed by atoms with E-state index >= 15 is 0 Å². The van der Waals surface area contributed by atoms with E-state index in [1.807, 2.05) is 0 Å². The van der Waals surface area contributed by atoms with Gasteiger partial charge in [-0.25, -0.2) is 9.07 Å². The number of rotatable bonds is 6. The van der Waals surface area contributed by atoms with Gasteiger partial charge in [0.05, 0.1) is 24.0 Å². The number of aromatic nitrogens is 3. The Kier molecular flexibility index (Phi) is 4.12. The summed E-state index contributed by atoms with van der Waals surface area (Å²) in [6.45, 7) is -0.164. The van der Waals surface area contributed by atoms with Gasteiger partial charge >= 0.3 is 5.97 Å². The van der Waals surface area contributed by atoms with Gasteiger partial charge in [0.25, 0.3) is 5.91 Å². The second-order valence-corrected chi connectivity index (χ2v) is 4.18. The summed E-state index contributed by atoms with van der Waals surface area (Å²) >= 11 is 0. The first kappa shape index (κ1) is 14.4. The summed E-state index contributed by atoms with van der Waals surface area (Å²) in [5.74, 6) is -2.65. The van der Waals surface area contributed by atoms with E-state index in [0.29, 0.717) is 5.69 Å². The summed E-state index contributed by atoms with van der Waals surface area (Å²) in [6.07, 6.45) is 1.43. The molecule has 0 unspecified atom stereocenters. The topological polar surface area (TPSA) is 123 Å². The van der Waals surface area contributed by atoms with Crippen molar-refractivity contribution >= 4 is 17.6 Å². The quantitative estimate of drug-likeness (QED) is 0.699. The number of aliphatic carboxylic acids is 1. The SMILES string of the molecule is NC(=O)c1c(F)cccc1NCc1cn(CC(=O)O)nn1. The van der Waals surface area contributed by atoms with Crippen LogP contribution in [0, 0.1) is 5.82 Å². The highest BCUT2D eigenvalue weighted by molar-refractivity contribution is 5.98. The normalized spacial score (nSPS) is 10.3. The van der Waals surface area contributed by atoms with E-state index in [9.17, 15) is 14.0 Å². The summed E-state index contributed by atoms with van der Waals surface area (Å²) < 4.78 is 14.7. The summed E-state index contributed by atoms with van der Waals surface area (Å²) in [4.78, 5) is 21.7. The fraction of sp³-hybridized carbons (Fsp3) is 0.167. The van der Waals surface area contributed by atoms with Crippen LogP contribution in [0.2, 0.25) is 0 Å². The molecule has 21 heavy (non-hydrogen) atoms. The highest BCUT2D eigenvalue weighted by Gasteiger charge is 2.14. The van der Waals surface area contributed by atoms with Crippen molar-refractivity contribution in [3.05, 3.63) is 41.5 Å². The summed E-state index contributed by atoms with van der Waals surface area (Å²) in [5, 5.41) is 18.8. The molecule has 9 heteroatoms. The third-order valence-corrected chi connectivity index (χ3v) is 2.60. The Morgan fingerprint density at radius 2 is 2.19 bits per heavy atom. The zero-order chi connectivity index (χ0) is 15.4. The van der Waals surface area contributed by atoms with Crippen molar-refractivity contribution in [3.8, 4) is 0 Å². The van der Waals surface area contributed by atoms with Gasteiger partial charge in [-0.1, -0.05) is 11.3 Å². The highest BCUT2D eigenvalue weighted by Crippen LogP contribution is 2.18. The second-order valence-electron chi connectivity index (χ2n) is 4.18. The molecule has 8 nitrogen and oxygen atoms in total. The lowest BCUT2D eigenvalue weighted by atomic mass is 10.1. The number of carboxylic acids is 1. The number of halogens is 1. The van der Waals surface area contributed by atoms with Gasteiger partial charge in [-0.2, -0.15) is 0 Å². The van der Waals surface area contributed by atoms with Crippen LogP contribution in [-0.2, 0) is 17.9 Å². The number of nitrogens with zero attached hydrogens (tertiary/aromatic N) is 3. The Balaban J connectivity index is 2.10. The maximum absolute atomic E-state index is 13.5. The first-order valence-corrected chi connectivity index (χ1v) is 5.90. The molecule has 2 aromatic rings. The van der Waals surface area contributed by atoms with Crippen LogP contribution in [0.15, 0.2) is 24.4 Å². The van der Waals surface area contributed by atoms with Gasteiger partial charge in [0.2, 0.25) is 0 Å². The van der Waals surface area contributed by atoms with Crippen molar-refractivity contribution in [2.75, 3.05) is 5.32 Å². The fourth-order valence-corrected chi connectivity index (χ4v) is 1.74. The fourth-order valence-electron chi connectivity index (χ4n) is 1.74. The Bertz CT molecular complexity index is 685. The van der Waals surface area contributed by atoms with E-state index in [-0.39, 0.29) is 24.3 Å². The molecule has 110 valence electrons. The third-order valence-electron chi connectivity index (χ3n) is 2.60. The maximum Gasteiger partial charge on any atom is 0.325 e. The molecule has 0 radical (unpaired) electrons.